The van der Waals surface area contributed by atoms with E-state index in [1.807, 2.05) is 6.07 Å². The largest absolute Gasteiger partial charge is 0.454 e. The van der Waals surface area contributed by atoms with Crippen LogP contribution in [0.4, 0.5) is 0 Å². The first-order valence-electron chi connectivity index (χ1n) is 7.69. The standard InChI is InChI=1S/C16H25N3O2/c1-18-7-3-4-13(18)10-19(2)14(9-17)12-5-6-15-16(8-12)21-11-20-15/h5-6,8,13-14H,3-4,7,9-11,17H2,1-2H3. The molecule has 2 heterocycles. The molecule has 1 aromatic rings. The molecular weight excluding hydrogens is 266 g/mol. The molecule has 1 saturated heterocycles. The van der Waals surface area contributed by atoms with E-state index in [-0.39, 0.29) is 6.04 Å². The van der Waals surface area contributed by atoms with E-state index in [0.717, 1.165) is 18.0 Å². The van der Waals surface area contributed by atoms with Crippen LogP contribution in [0.5, 0.6) is 11.5 Å². The van der Waals surface area contributed by atoms with Crippen LogP contribution in [0.15, 0.2) is 18.2 Å². The van der Waals surface area contributed by atoms with Gasteiger partial charge < -0.3 is 20.1 Å². The van der Waals surface area contributed by atoms with Crippen molar-refractivity contribution in [3.8, 4) is 11.5 Å². The van der Waals surface area contributed by atoms with Crippen LogP contribution >= 0.6 is 0 Å². The van der Waals surface area contributed by atoms with Crippen molar-refractivity contribution >= 4 is 0 Å². The topological polar surface area (TPSA) is 51.0 Å². The summed E-state index contributed by atoms with van der Waals surface area (Å²) in [5.41, 5.74) is 7.23. The molecule has 2 aliphatic rings. The summed E-state index contributed by atoms with van der Waals surface area (Å²) in [5.74, 6) is 1.66. The Morgan fingerprint density at radius 3 is 2.90 bits per heavy atom. The van der Waals surface area contributed by atoms with Crippen LogP contribution < -0.4 is 15.2 Å². The summed E-state index contributed by atoms with van der Waals surface area (Å²) in [6.07, 6.45) is 2.57. The maximum atomic E-state index is 6.03. The highest BCUT2D eigenvalue weighted by atomic mass is 16.7. The monoisotopic (exact) mass is 291 g/mol. The van der Waals surface area contributed by atoms with E-state index in [1.165, 1.54) is 24.9 Å². The predicted molar refractivity (Wildman–Crippen MR) is 82.6 cm³/mol. The number of likely N-dealkylation sites (N-methyl/N-ethyl adjacent to an activating group) is 2. The maximum absolute atomic E-state index is 6.03. The van der Waals surface area contributed by atoms with Crippen molar-refractivity contribution in [2.24, 2.45) is 5.73 Å². The molecule has 2 aliphatic heterocycles. The zero-order chi connectivity index (χ0) is 14.8. The molecule has 0 saturated carbocycles. The van der Waals surface area contributed by atoms with Gasteiger partial charge in [-0.15, -0.1) is 0 Å². The van der Waals surface area contributed by atoms with Gasteiger partial charge in [0.15, 0.2) is 11.5 Å². The maximum Gasteiger partial charge on any atom is 0.231 e. The van der Waals surface area contributed by atoms with Crippen LogP contribution in [0.3, 0.4) is 0 Å². The number of likely N-dealkylation sites (tertiary alicyclic amines) is 1. The van der Waals surface area contributed by atoms with Crippen molar-refractivity contribution in [3.05, 3.63) is 23.8 Å². The van der Waals surface area contributed by atoms with Gasteiger partial charge in [0.25, 0.3) is 0 Å². The molecule has 5 heteroatoms. The molecule has 0 aliphatic carbocycles. The Morgan fingerprint density at radius 2 is 2.19 bits per heavy atom. The van der Waals surface area contributed by atoms with Crippen LogP contribution in [0.1, 0.15) is 24.4 Å². The Bertz CT molecular complexity index is 494. The summed E-state index contributed by atoms with van der Waals surface area (Å²) >= 11 is 0. The van der Waals surface area contributed by atoms with E-state index in [9.17, 15) is 0 Å². The van der Waals surface area contributed by atoms with E-state index < -0.39 is 0 Å². The van der Waals surface area contributed by atoms with Crippen LogP contribution in [-0.2, 0) is 0 Å². The van der Waals surface area contributed by atoms with Gasteiger partial charge in [-0.25, -0.2) is 0 Å². The molecule has 0 spiro atoms. The zero-order valence-corrected chi connectivity index (χ0v) is 12.9. The first-order valence-corrected chi connectivity index (χ1v) is 7.69. The van der Waals surface area contributed by atoms with Gasteiger partial charge in [0.1, 0.15) is 0 Å². The average Bonchev–Trinajstić information content (AvgIpc) is 3.09. The zero-order valence-electron chi connectivity index (χ0n) is 12.9. The van der Waals surface area contributed by atoms with Crippen molar-refractivity contribution in [1.29, 1.82) is 0 Å². The Balaban J connectivity index is 1.71. The molecule has 0 aromatic heterocycles. The lowest BCUT2D eigenvalue weighted by Crippen LogP contribution is -2.40. The third-order valence-electron chi connectivity index (χ3n) is 4.71. The van der Waals surface area contributed by atoms with E-state index >= 15 is 0 Å². The number of hydrogen-bond acceptors (Lipinski definition) is 5. The number of nitrogens with two attached hydrogens (primary N) is 1. The van der Waals surface area contributed by atoms with Crippen molar-refractivity contribution < 1.29 is 9.47 Å². The first-order chi connectivity index (χ1) is 10.2. The second-order valence-electron chi connectivity index (χ2n) is 6.08. The van der Waals surface area contributed by atoms with E-state index in [4.69, 9.17) is 15.2 Å². The van der Waals surface area contributed by atoms with Gasteiger partial charge in [-0.2, -0.15) is 0 Å². The number of rotatable bonds is 5. The van der Waals surface area contributed by atoms with Crippen LogP contribution in [-0.4, -0.2) is 56.4 Å². The lowest BCUT2D eigenvalue weighted by Gasteiger charge is -2.32. The normalized spacial score (nSPS) is 23.0. The Morgan fingerprint density at radius 1 is 1.38 bits per heavy atom. The third kappa shape index (κ3) is 3.00. The minimum atomic E-state index is 0.216. The lowest BCUT2D eigenvalue weighted by molar-refractivity contribution is 0.173. The van der Waals surface area contributed by atoms with Gasteiger partial charge >= 0.3 is 0 Å². The third-order valence-corrected chi connectivity index (χ3v) is 4.71. The van der Waals surface area contributed by atoms with Gasteiger partial charge in [-0.1, -0.05) is 6.07 Å². The van der Waals surface area contributed by atoms with Crippen LogP contribution in [0, 0.1) is 0 Å². The summed E-state index contributed by atoms with van der Waals surface area (Å²) in [7, 11) is 4.37. The smallest absolute Gasteiger partial charge is 0.231 e. The van der Waals surface area contributed by atoms with Crippen molar-refractivity contribution in [3.63, 3.8) is 0 Å². The van der Waals surface area contributed by atoms with Gasteiger partial charge in [0.2, 0.25) is 6.79 Å². The summed E-state index contributed by atoms with van der Waals surface area (Å²) < 4.78 is 10.8. The minimum absolute atomic E-state index is 0.216. The second kappa shape index (κ2) is 6.22. The quantitative estimate of drug-likeness (QED) is 0.889. The summed E-state index contributed by atoms with van der Waals surface area (Å²) in [4.78, 5) is 4.81. The summed E-state index contributed by atoms with van der Waals surface area (Å²) in [6, 6.07) is 7.00. The molecule has 2 N–H and O–H groups in total. The highest BCUT2D eigenvalue weighted by molar-refractivity contribution is 5.45. The van der Waals surface area contributed by atoms with E-state index in [1.54, 1.807) is 0 Å². The number of fused-ring (bicyclic) bond motifs is 1. The predicted octanol–water partition coefficient (Wildman–Crippen LogP) is 1.44. The number of nitrogens with zero attached hydrogens (tertiary/aromatic N) is 2. The molecule has 116 valence electrons. The van der Waals surface area contributed by atoms with Crippen molar-refractivity contribution in [2.75, 3.05) is 40.5 Å². The Kier molecular flexibility index (Phi) is 4.33. The van der Waals surface area contributed by atoms with Gasteiger partial charge in [0.05, 0.1) is 0 Å². The second-order valence-corrected chi connectivity index (χ2v) is 6.08. The molecule has 0 amide bonds. The first kappa shape index (κ1) is 14.6. The molecule has 1 aromatic carbocycles. The number of hydrogen-bond donors (Lipinski definition) is 1. The summed E-state index contributed by atoms with van der Waals surface area (Å²) in [6.45, 7) is 3.17. The minimum Gasteiger partial charge on any atom is -0.454 e. The molecule has 2 unspecified atom stereocenters. The molecule has 0 bridgehead atoms. The molecule has 3 rings (SSSR count). The number of benzene rings is 1. The fourth-order valence-electron chi connectivity index (χ4n) is 3.36. The number of ether oxygens (including phenoxy) is 2. The molecule has 0 radical (unpaired) electrons. The molecule has 21 heavy (non-hydrogen) atoms. The molecule has 1 fully saturated rings. The fraction of sp³-hybridized carbons (Fsp3) is 0.625. The highest BCUT2D eigenvalue weighted by Crippen LogP contribution is 2.35. The molecule has 2 atom stereocenters. The van der Waals surface area contributed by atoms with Gasteiger partial charge in [0, 0.05) is 25.2 Å². The van der Waals surface area contributed by atoms with E-state index in [0.29, 0.717) is 19.4 Å². The van der Waals surface area contributed by atoms with Crippen LogP contribution in [0.25, 0.3) is 0 Å². The lowest BCUT2D eigenvalue weighted by atomic mass is 10.0. The average molecular weight is 291 g/mol. The Labute approximate surface area is 126 Å². The molecular formula is C16H25N3O2. The fourth-order valence-corrected chi connectivity index (χ4v) is 3.36. The Hall–Kier alpha value is -1.30. The van der Waals surface area contributed by atoms with Crippen molar-refractivity contribution in [2.45, 2.75) is 24.9 Å². The molecule has 5 nitrogen and oxygen atoms in total. The van der Waals surface area contributed by atoms with Gasteiger partial charge in [-0.3, -0.25) is 4.90 Å². The summed E-state index contributed by atoms with van der Waals surface area (Å²) in [5, 5.41) is 0. The van der Waals surface area contributed by atoms with Gasteiger partial charge in [-0.05, 0) is 51.2 Å². The highest BCUT2D eigenvalue weighted by Gasteiger charge is 2.26. The van der Waals surface area contributed by atoms with E-state index in [2.05, 4.69) is 36.0 Å². The van der Waals surface area contributed by atoms with Crippen molar-refractivity contribution in [1.82, 2.24) is 9.80 Å². The SMILES string of the molecule is CN1CCCC1CN(C)C(CN)c1ccc2c(c1)OCO2. The van der Waals surface area contributed by atoms with Crippen LogP contribution in [0.2, 0.25) is 0 Å².